The fourth-order valence-electron chi connectivity index (χ4n) is 1.60. The molecule has 0 spiro atoms. The zero-order valence-electron chi connectivity index (χ0n) is 9.42. The van der Waals surface area contributed by atoms with Crippen molar-refractivity contribution in [1.29, 1.82) is 0 Å². The van der Waals surface area contributed by atoms with Crippen molar-refractivity contribution in [3.63, 3.8) is 0 Å². The highest BCUT2D eigenvalue weighted by molar-refractivity contribution is 5.94. The normalized spacial score (nSPS) is 10.6. The van der Waals surface area contributed by atoms with E-state index in [0.29, 0.717) is 5.56 Å². The first-order valence-corrected chi connectivity index (χ1v) is 5.28. The van der Waals surface area contributed by atoms with E-state index in [2.05, 4.69) is 10.3 Å². The lowest BCUT2D eigenvalue weighted by Gasteiger charge is -2.15. The summed E-state index contributed by atoms with van der Waals surface area (Å²) in [6.07, 6.45) is 4.31. The van der Waals surface area contributed by atoms with Crippen molar-refractivity contribution in [1.82, 2.24) is 19.7 Å². The quantitative estimate of drug-likeness (QED) is 0.778. The van der Waals surface area contributed by atoms with Gasteiger partial charge in [0, 0.05) is 19.8 Å². The third-order valence-electron chi connectivity index (χ3n) is 2.45. The van der Waals surface area contributed by atoms with Gasteiger partial charge in [0.25, 0.3) is 5.91 Å². The van der Waals surface area contributed by atoms with Gasteiger partial charge < -0.3 is 4.90 Å². The highest BCUT2D eigenvalue weighted by Gasteiger charge is 2.11. The van der Waals surface area contributed by atoms with Crippen molar-refractivity contribution >= 4 is 11.4 Å². The summed E-state index contributed by atoms with van der Waals surface area (Å²) in [5.74, 6) is 0.0132. The molecule has 1 amide bonds. The molecular formula is C11H14N4O. The van der Waals surface area contributed by atoms with Crippen molar-refractivity contribution in [2.24, 2.45) is 0 Å². The van der Waals surface area contributed by atoms with E-state index >= 15 is 0 Å². The molecule has 16 heavy (non-hydrogen) atoms. The molecule has 0 bridgehead atoms. The minimum Gasteiger partial charge on any atom is -0.342 e. The van der Waals surface area contributed by atoms with Crippen LogP contribution in [0.3, 0.4) is 0 Å². The Balaban J connectivity index is 2.28. The summed E-state index contributed by atoms with van der Waals surface area (Å²) in [4.78, 5) is 13.7. The van der Waals surface area contributed by atoms with Crippen LogP contribution in [-0.2, 0) is 0 Å². The summed E-state index contributed by atoms with van der Waals surface area (Å²) in [5, 5.41) is 7.63. The molecule has 0 atom stereocenters. The molecule has 0 radical (unpaired) electrons. The summed E-state index contributed by atoms with van der Waals surface area (Å²) < 4.78 is 1.60. The van der Waals surface area contributed by atoms with Crippen LogP contribution in [0.15, 0.2) is 24.5 Å². The summed E-state index contributed by atoms with van der Waals surface area (Å²) in [7, 11) is 1.80. The topological polar surface area (TPSA) is 50.5 Å². The standard InChI is InChI=1S/C11H14N4O/c1-3-6-14(2)11(16)9-4-5-10-7-12-13-15(10)8-9/h4-5,7-8H,3,6H2,1-2H3. The van der Waals surface area contributed by atoms with Crippen LogP contribution in [0.4, 0.5) is 0 Å². The van der Waals surface area contributed by atoms with E-state index in [1.165, 1.54) is 0 Å². The molecule has 2 rings (SSSR count). The van der Waals surface area contributed by atoms with Gasteiger partial charge in [0.15, 0.2) is 0 Å². The maximum Gasteiger partial charge on any atom is 0.255 e. The minimum absolute atomic E-state index is 0.0132. The van der Waals surface area contributed by atoms with Crippen molar-refractivity contribution < 1.29 is 4.79 Å². The van der Waals surface area contributed by atoms with Gasteiger partial charge in [-0.15, -0.1) is 5.10 Å². The number of carbonyl (C=O) groups excluding carboxylic acids is 1. The maximum absolute atomic E-state index is 12.0. The number of fused-ring (bicyclic) bond motifs is 1. The second kappa shape index (κ2) is 4.30. The lowest BCUT2D eigenvalue weighted by Crippen LogP contribution is -2.27. The molecule has 0 aliphatic rings. The van der Waals surface area contributed by atoms with Crippen LogP contribution in [0.1, 0.15) is 23.7 Å². The average Bonchev–Trinajstić information content (AvgIpc) is 2.75. The molecule has 2 aromatic heterocycles. The molecule has 5 nitrogen and oxygen atoms in total. The van der Waals surface area contributed by atoms with Crippen LogP contribution in [0.2, 0.25) is 0 Å². The largest absolute Gasteiger partial charge is 0.342 e. The first-order chi connectivity index (χ1) is 7.72. The Morgan fingerprint density at radius 2 is 2.31 bits per heavy atom. The molecule has 0 saturated carbocycles. The second-order valence-electron chi connectivity index (χ2n) is 3.75. The number of pyridine rings is 1. The van der Waals surface area contributed by atoms with E-state index in [9.17, 15) is 4.79 Å². The minimum atomic E-state index is 0.0132. The van der Waals surface area contributed by atoms with Crippen LogP contribution in [0.5, 0.6) is 0 Å². The summed E-state index contributed by atoms with van der Waals surface area (Å²) in [6, 6.07) is 3.64. The summed E-state index contributed by atoms with van der Waals surface area (Å²) in [5.41, 5.74) is 1.52. The highest BCUT2D eigenvalue weighted by atomic mass is 16.2. The van der Waals surface area contributed by atoms with Crippen molar-refractivity contribution in [2.75, 3.05) is 13.6 Å². The van der Waals surface area contributed by atoms with Gasteiger partial charge in [0.1, 0.15) is 0 Å². The Hall–Kier alpha value is -1.91. The first-order valence-electron chi connectivity index (χ1n) is 5.28. The second-order valence-corrected chi connectivity index (χ2v) is 3.75. The Bertz CT molecular complexity index is 505. The third kappa shape index (κ3) is 1.88. The Kier molecular flexibility index (Phi) is 2.85. The molecule has 0 aliphatic heterocycles. The van der Waals surface area contributed by atoms with E-state index in [1.807, 2.05) is 13.0 Å². The van der Waals surface area contributed by atoms with Crippen LogP contribution in [-0.4, -0.2) is 39.2 Å². The van der Waals surface area contributed by atoms with Crippen LogP contribution in [0, 0.1) is 0 Å². The molecule has 0 N–H and O–H groups in total. The molecule has 0 fully saturated rings. The number of hydrogen-bond acceptors (Lipinski definition) is 3. The predicted octanol–water partition coefficient (Wildman–Crippen LogP) is 1.21. The monoisotopic (exact) mass is 218 g/mol. The number of rotatable bonds is 3. The number of carbonyl (C=O) groups is 1. The van der Waals surface area contributed by atoms with Gasteiger partial charge in [0.2, 0.25) is 0 Å². The molecule has 0 saturated heterocycles. The zero-order valence-corrected chi connectivity index (χ0v) is 9.42. The fourth-order valence-corrected chi connectivity index (χ4v) is 1.60. The third-order valence-corrected chi connectivity index (χ3v) is 2.45. The Morgan fingerprint density at radius 3 is 3.06 bits per heavy atom. The van der Waals surface area contributed by atoms with Gasteiger partial charge >= 0.3 is 0 Å². The van der Waals surface area contributed by atoms with Gasteiger partial charge in [0.05, 0.1) is 17.3 Å². The van der Waals surface area contributed by atoms with Gasteiger partial charge in [-0.1, -0.05) is 12.1 Å². The Morgan fingerprint density at radius 1 is 1.50 bits per heavy atom. The molecule has 2 aromatic rings. The van der Waals surface area contributed by atoms with Crippen molar-refractivity contribution in [3.8, 4) is 0 Å². The summed E-state index contributed by atoms with van der Waals surface area (Å²) >= 11 is 0. The van der Waals surface area contributed by atoms with Crippen molar-refractivity contribution in [2.45, 2.75) is 13.3 Å². The van der Waals surface area contributed by atoms with E-state index in [1.54, 1.807) is 34.9 Å². The molecule has 84 valence electrons. The van der Waals surface area contributed by atoms with Gasteiger partial charge in [-0.05, 0) is 18.6 Å². The highest BCUT2D eigenvalue weighted by Crippen LogP contribution is 2.06. The summed E-state index contributed by atoms with van der Waals surface area (Å²) in [6.45, 7) is 2.80. The average molecular weight is 218 g/mol. The number of aromatic nitrogens is 3. The molecular weight excluding hydrogens is 204 g/mol. The molecule has 0 aromatic carbocycles. The molecule has 0 unspecified atom stereocenters. The number of amides is 1. The molecule has 0 aliphatic carbocycles. The Labute approximate surface area is 93.7 Å². The van der Waals surface area contributed by atoms with E-state index in [-0.39, 0.29) is 5.91 Å². The number of nitrogens with zero attached hydrogens (tertiary/aromatic N) is 4. The van der Waals surface area contributed by atoms with Gasteiger partial charge in [-0.25, -0.2) is 4.52 Å². The molecule has 2 heterocycles. The molecule has 5 heteroatoms. The van der Waals surface area contributed by atoms with Gasteiger partial charge in [-0.2, -0.15) is 0 Å². The van der Waals surface area contributed by atoms with E-state index < -0.39 is 0 Å². The number of hydrogen-bond donors (Lipinski definition) is 0. The SMILES string of the molecule is CCCN(C)C(=O)c1ccc2cnnn2c1. The first kappa shape index (κ1) is 10.6. The zero-order chi connectivity index (χ0) is 11.5. The lowest BCUT2D eigenvalue weighted by atomic mass is 10.2. The van der Waals surface area contributed by atoms with Crippen LogP contribution < -0.4 is 0 Å². The van der Waals surface area contributed by atoms with Crippen LogP contribution in [0.25, 0.3) is 5.52 Å². The van der Waals surface area contributed by atoms with Crippen LogP contribution >= 0.6 is 0 Å². The van der Waals surface area contributed by atoms with E-state index in [0.717, 1.165) is 18.5 Å². The lowest BCUT2D eigenvalue weighted by molar-refractivity contribution is 0.0794. The predicted molar refractivity (Wildman–Crippen MR) is 60.2 cm³/mol. The van der Waals surface area contributed by atoms with Crippen molar-refractivity contribution in [3.05, 3.63) is 30.1 Å². The van der Waals surface area contributed by atoms with Gasteiger partial charge in [-0.3, -0.25) is 4.79 Å². The van der Waals surface area contributed by atoms with E-state index in [4.69, 9.17) is 0 Å². The smallest absolute Gasteiger partial charge is 0.255 e. The maximum atomic E-state index is 12.0. The fraction of sp³-hybridized carbons (Fsp3) is 0.364.